The van der Waals surface area contributed by atoms with Crippen LogP contribution in [0.4, 0.5) is 0 Å². The molecule has 2 N–H and O–H groups in total. The highest BCUT2D eigenvalue weighted by Gasteiger charge is 2.10. The normalized spacial score (nSPS) is 10.7. The zero-order valence-electron chi connectivity index (χ0n) is 13.6. The lowest BCUT2D eigenvalue weighted by atomic mass is 10.1. The Labute approximate surface area is 164 Å². The molecule has 3 rings (SSSR count). The van der Waals surface area contributed by atoms with E-state index in [4.69, 9.17) is 40.2 Å². The van der Waals surface area contributed by atoms with Gasteiger partial charge in [-0.25, -0.2) is 4.68 Å². The first kappa shape index (κ1) is 18.5. The first-order chi connectivity index (χ1) is 12.3. The summed E-state index contributed by atoms with van der Waals surface area (Å²) in [6.07, 6.45) is 0. The van der Waals surface area contributed by atoms with Gasteiger partial charge in [0, 0.05) is 16.5 Å². The molecule has 0 atom stereocenters. The smallest absolute Gasteiger partial charge is 0.276 e. The molecular formula is C18H14Cl2N2O3S. The number of phenols is 1. The van der Waals surface area contributed by atoms with E-state index in [9.17, 15) is 9.90 Å². The van der Waals surface area contributed by atoms with Gasteiger partial charge in [-0.2, -0.15) is 0 Å². The number of carbonyl (C=O) groups excluding carboxylic acids is 1. The number of nitrogens with one attached hydrogen (secondary N) is 1. The van der Waals surface area contributed by atoms with Crippen LogP contribution in [0.25, 0.3) is 10.9 Å². The van der Waals surface area contributed by atoms with Crippen LogP contribution < -0.4 is 10.2 Å². The van der Waals surface area contributed by atoms with Crippen molar-refractivity contribution in [1.82, 2.24) is 4.68 Å². The molecule has 5 nitrogen and oxygen atoms in total. The Morgan fingerprint density at radius 1 is 1.23 bits per heavy atom. The van der Waals surface area contributed by atoms with Crippen molar-refractivity contribution in [3.63, 3.8) is 0 Å². The fourth-order valence-electron chi connectivity index (χ4n) is 2.49. The van der Waals surface area contributed by atoms with Gasteiger partial charge in [0.1, 0.15) is 16.1 Å². The lowest BCUT2D eigenvalue weighted by molar-refractivity contribution is -0.119. The van der Waals surface area contributed by atoms with E-state index in [1.54, 1.807) is 30.3 Å². The van der Waals surface area contributed by atoms with Gasteiger partial charge in [-0.15, -0.1) is 0 Å². The number of ether oxygens (including phenoxy) is 1. The third kappa shape index (κ3) is 3.93. The summed E-state index contributed by atoms with van der Waals surface area (Å²) in [7, 11) is 0. The Morgan fingerprint density at radius 2 is 2.00 bits per heavy atom. The molecule has 26 heavy (non-hydrogen) atoms. The number of hydrogen-bond donors (Lipinski definition) is 2. The van der Waals surface area contributed by atoms with Crippen LogP contribution in [0.2, 0.25) is 10.0 Å². The molecule has 134 valence electrons. The molecule has 0 spiro atoms. The number of pyridine rings is 1. The summed E-state index contributed by atoms with van der Waals surface area (Å²) in [6, 6.07) is 11.4. The summed E-state index contributed by atoms with van der Waals surface area (Å²) in [5.74, 6) is -0.00784. The van der Waals surface area contributed by atoms with Crippen molar-refractivity contribution in [2.45, 2.75) is 6.92 Å². The lowest BCUT2D eigenvalue weighted by Crippen LogP contribution is -2.29. The van der Waals surface area contributed by atoms with Gasteiger partial charge in [0.15, 0.2) is 6.61 Å². The molecule has 0 bridgehead atoms. The maximum Gasteiger partial charge on any atom is 0.276 e. The number of halogens is 2. The van der Waals surface area contributed by atoms with Crippen LogP contribution in [0.1, 0.15) is 5.56 Å². The number of amides is 1. The molecule has 1 aromatic heterocycles. The molecule has 3 aromatic rings. The van der Waals surface area contributed by atoms with Crippen LogP contribution in [-0.4, -0.2) is 22.3 Å². The van der Waals surface area contributed by atoms with Crippen LogP contribution in [-0.2, 0) is 4.79 Å². The van der Waals surface area contributed by atoms with E-state index >= 15 is 0 Å². The average molecular weight is 409 g/mol. The highest BCUT2D eigenvalue weighted by molar-refractivity contribution is 7.71. The van der Waals surface area contributed by atoms with Crippen LogP contribution in [0.3, 0.4) is 0 Å². The van der Waals surface area contributed by atoms with E-state index in [1.807, 2.05) is 6.92 Å². The fourth-order valence-corrected chi connectivity index (χ4v) is 3.28. The molecule has 0 saturated carbocycles. The highest BCUT2D eigenvalue weighted by Crippen LogP contribution is 2.27. The van der Waals surface area contributed by atoms with Crippen molar-refractivity contribution in [3.05, 3.63) is 62.7 Å². The van der Waals surface area contributed by atoms with Gasteiger partial charge < -0.3 is 9.84 Å². The van der Waals surface area contributed by atoms with Gasteiger partial charge in [-0.3, -0.25) is 10.2 Å². The Balaban J connectivity index is 1.83. The second-order valence-corrected chi connectivity index (χ2v) is 6.86. The standard InChI is InChI=1S/C18H14Cl2N2O3S/c1-10-6-18(26)22(15-8-12(23)3-4-13(10)15)21-17(24)9-25-16-5-2-11(19)7-14(16)20/h2-8,23H,9H2,1H3,(H,21,24). The van der Waals surface area contributed by atoms with Gasteiger partial charge in [0.2, 0.25) is 0 Å². The highest BCUT2D eigenvalue weighted by atomic mass is 35.5. The van der Waals surface area contributed by atoms with Gasteiger partial charge in [0.05, 0.1) is 10.5 Å². The van der Waals surface area contributed by atoms with Crippen molar-refractivity contribution >= 4 is 52.2 Å². The minimum atomic E-state index is -0.430. The first-order valence-electron chi connectivity index (χ1n) is 7.58. The summed E-state index contributed by atoms with van der Waals surface area (Å²) >= 11 is 17.2. The number of benzene rings is 2. The van der Waals surface area contributed by atoms with Crippen LogP contribution in [0, 0.1) is 11.6 Å². The summed E-state index contributed by atoms with van der Waals surface area (Å²) in [5.41, 5.74) is 4.21. The number of nitrogens with zero attached hydrogens (tertiary/aromatic N) is 1. The van der Waals surface area contributed by atoms with Crippen molar-refractivity contribution in [3.8, 4) is 11.5 Å². The summed E-state index contributed by atoms with van der Waals surface area (Å²) in [4.78, 5) is 12.3. The molecule has 0 unspecified atom stereocenters. The maximum absolute atomic E-state index is 12.3. The molecule has 0 aliphatic rings. The number of carbonyl (C=O) groups is 1. The molecule has 1 heterocycles. The van der Waals surface area contributed by atoms with Crippen molar-refractivity contribution < 1.29 is 14.6 Å². The molecule has 0 radical (unpaired) electrons. The average Bonchev–Trinajstić information content (AvgIpc) is 2.57. The van der Waals surface area contributed by atoms with Crippen LogP contribution in [0.5, 0.6) is 11.5 Å². The van der Waals surface area contributed by atoms with E-state index < -0.39 is 5.91 Å². The van der Waals surface area contributed by atoms with E-state index in [1.165, 1.54) is 16.8 Å². The minimum absolute atomic E-state index is 0.0738. The maximum atomic E-state index is 12.3. The van der Waals surface area contributed by atoms with Gasteiger partial charge in [0.25, 0.3) is 5.91 Å². The molecule has 0 fully saturated rings. The van der Waals surface area contributed by atoms with E-state index in [0.29, 0.717) is 26.0 Å². The molecule has 1 amide bonds. The number of aromatic nitrogens is 1. The zero-order chi connectivity index (χ0) is 18.8. The third-order valence-corrected chi connectivity index (χ3v) is 4.53. The third-order valence-electron chi connectivity index (χ3n) is 3.70. The number of rotatable bonds is 4. The number of hydrogen-bond acceptors (Lipinski definition) is 4. The van der Waals surface area contributed by atoms with Gasteiger partial charge in [-0.05, 0) is 48.9 Å². The SMILES string of the molecule is Cc1cc(=S)n(NC(=O)COc2ccc(Cl)cc2Cl)c2cc(O)ccc12. The van der Waals surface area contributed by atoms with E-state index in [0.717, 1.165) is 10.9 Å². The van der Waals surface area contributed by atoms with E-state index in [-0.39, 0.29) is 12.4 Å². The molecule has 8 heteroatoms. The topological polar surface area (TPSA) is 63.5 Å². The zero-order valence-corrected chi connectivity index (χ0v) is 16.0. The number of aryl methyl sites for hydroxylation is 1. The van der Waals surface area contributed by atoms with Gasteiger partial charge >= 0.3 is 0 Å². The predicted molar refractivity (Wildman–Crippen MR) is 105 cm³/mol. The molecule has 0 aliphatic carbocycles. The summed E-state index contributed by atoms with van der Waals surface area (Å²) in [6.45, 7) is 1.64. The van der Waals surface area contributed by atoms with Crippen LogP contribution >= 0.6 is 35.4 Å². The molecule has 0 saturated heterocycles. The molecular weight excluding hydrogens is 395 g/mol. The van der Waals surface area contributed by atoms with Crippen LogP contribution in [0.15, 0.2) is 42.5 Å². The number of phenolic OH excluding ortho intramolecular Hbond substituents is 1. The van der Waals surface area contributed by atoms with Crippen molar-refractivity contribution in [1.29, 1.82) is 0 Å². The monoisotopic (exact) mass is 408 g/mol. The minimum Gasteiger partial charge on any atom is -0.508 e. The summed E-state index contributed by atoms with van der Waals surface area (Å²) < 4.78 is 7.26. The number of fused-ring (bicyclic) bond motifs is 1. The van der Waals surface area contributed by atoms with Crippen molar-refractivity contribution in [2.75, 3.05) is 12.0 Å². The Morgan fingerprint density at radius 3 is 2.73 bits per heavy atom. The Bertz CT molecular complexity index is 1070. The second-order valence-electron chi connectivity index (χ2n) is 5.60. The Hall–Kier alpha value is -2.28. The second kappa shape index (κ2) is 7.53. The molecule has 2 aromatic carbocycles. The molecule has 0 aliphatic heterocycles. The number of aromatic hydroxyl groups is 1. The van der Waals surface area contributed by atoms with Crippen molar-refractivity contribution in [2.24, 2.45) is 0 Å². The quantitative estimate of drug-likeness (QED) is 0.606. The predicted octanol–water partition coefficient (Wildman–Crippen LogP) is 4.84. The first-order valence-corrected chi connectivity index (χ1v) is 8.74. The van der Waals surface area contributed by atoms with Gasteiger partial charge in [-0.1, -0.05) is 35.4 Å². The van der Waals surface area contributed by atoms with E-state index in [2.05, 4.69) is 5.43 Å². The largest absolute Gasteiger partial charge is 0.508 e. The summed E-state index contributed by atoms with van der Waals surface area (Å²) in [5, 5.41) is 11.4. The lowest BCUT2D eigenvalue weighted by Gasteiger charge is -2.15. The fraction of sp³-hybridized carbons (Fsp3) is 0.111. The Kier molecular flexibility index (Phi) is 5.36.